The predicted octanol–water partition coefficient (Wildman–Crippen LogP) is 2.67. The van der Waals surface area contributed by atoms with E-state index < -0.39 is 5.92 Å². The number of hydrogen-bond acceptors (Lipinski definition) is 4. The topological polar surface area (TPSA) is 65.6 Å². The Morgan fingerprint density at radius 3 is 3.04 bits per heavy atom. The summed E-state index contributed by atoms with van der Waals surface area (Å²) in [6.07, 6.45) is 3.79. The fraction of sp³-hybridized carbons (Fsp3) is 0.476. The maximum absolute atomic E-state index is 12.2. The van der Waals surface area contributed by atoms with Crippen LogP contribution in [0.5, 0.6) is 0 Å². The number of carbonyl (C=O) groups is 1. The number of hydrogen-bond donors (Lipinski definition) is 2. The van der Waals surface area contributed by atoms with Crippen molar-refractivity contribution in [3.8, 4) is 0 Å². The van der Waals surface area contributed by atoms with Crippen LogP contribution in [0.25, 0.3) is 10.9 Å². The molecule has 2 N–H and O–H groups in total. The van der Waals surface area contributed by atoms with Crippen molar-refractivity contribution in [1.82, 2.24) is 9.88 Å². The lowest BCUT2D eigenvalue weighted by Crippen LogP contribution is -2.48. The van der Waals surface area contributed by atoms with Gasteiger partial charge in [-0.15, -0.1) is 6.58 Å². The Bertz CT molecular complexity index is 828. The molecule has 0 bridgehead atoms. The number of fused-ring (bicyclic) bond motifs is 5. The summed E-state index contributed by atoms with van der Waals surface area (Å²) in [5, 5.41) is 11.1. The van der Waals surface area contributed by atoms with Crippen molar-refractivity contribution in [3.05, 3.63) is 48.2 Å². The molecule has 0 unspecified atom stereocenters. The predicted molar refractivity (Wildman–Crippen MR) is 101 cm³/mol. The molecule has 26 heavy (non-hydrogen) atoms. The second-order valence-electron chi connectivity index (χ2n) is 7.43. The molecule has 138 valence electrons. The normalized spacial score (nSPS) is 26.8. The molecule has 2 aliphatic rings. The number of benzene rings is 1. The fourth-order valence-corrected chi connectivity index (χ4v) is 4.94. The van der Waals surface area contributed by atoms with Gasteiger partial charge in [-0.1, -0.05) is 24.3 Å². The number of esters is 1. The third-order valence-electron chi connectivity index (χ3n) is 6.28. The van der Waals surface area contributed by atoms with Crippen LogP contribution in [0.3, 0.4) is 0 Å². The van der Waals surface area contributed by atoms with Crippen molar-refractivity contribution >= 4 is 16.9 Å². The quantitative estimate of drug-likeness (QED) is 0.654. The van der Waals surface area contributed by atoms with E-state index in [-0.39, 0.29) is 30.5 Å². The molecule has 4 rings (SSSR count). The average Bonchev–Trinajstić information content (AvgIpc) is 3.07. The lowest BCUT2D eigenvalue weighted by Gasteiger charge is -2.47. The summed E-state index contributed by atoms with van der Waals surface area (Å²) in [6.45, 7) is 5.67. The molecule has 5 heteroatoms. The Balaban J connectivity index is 1.71. The number of aromatic amines is 1. The molecule has 0 amide bonds. The Hall–Kier alpha value is -2.11. The number of aliphatic hydroxyl groups is 1. The van der Waals surface area contributed by atoms with Gasteiger partial charge in [0.05, 0.1) is 25.7 Å². The smallest absolute Gasteiger partial charge is 0.311 e. The minimum absolute atomic E-state index is 0.0311. The van der Waals surface area contributed by atoms with Gasteiger partial charge in [-0.3, -0.25) is 9.69 Å². The number of rotatable bonds is 4. The number of nitrogens with one attached hydrogen (secondary N) is 1. The Labute approximate surface area is 153 Å². The summed E-state index contributed by atoms with van der Waals surface area (Å²) in [5.41, 5.74) is 3.84. The second kappa shape index (κ2) is 6.89. The van der Waals surface area contributed by atoms with Crippen molar-refractivity contribution in [1.29, 1.82) is 0 Å². The lowest BCUT2D eigenvalue weighted by atomic mass is 9.72. The van der Waals surface area contributed by atoms with Gasteiger partial charge in [-0.25, -0.2) is 0 Å². The minimum atomic E-state index is -0.500. The molecule has 1 aromatic heterocycles. The molecule has 0 aliphatic carbocycles. The van der Waals surface area contributed by atoms with Gasteiger partial charge in [0, 0.05) is 29.7 Å². The standard InChI is InChI=1S/C21H26N2O3/c1-3-13-11-23-9-8-15-14-6-4-5-7-18(14)22-20(15)19(23)10-16(13)17(12-24)21(25)26-2/h3-7,13,16-17,19,22,24H,1,8-12H2,2H3/t13-,16-,17-,19-/m1/s1. The molecule has 1 saturated heterocycles. The van der Waals surface area contributed by atoms with Crippen LogP contribution in [0.4, 0.5) is 0 Å². The number of piperidine rings is 1. The first kappa shape index (κ1) is 17.3. The van der Waals surface area contributed by atoms with E-state index >= 15 is 0 Å². The zero-order valence-corrected chi connectivity index (χ0v) is 15.1. The molecule has 2 aromatic rings. The first-order valence-corrected chi connectivity index (χ1v) is 9.32. The number of nitrogens with zero attached hydrogens (tertiary/aromatic N) is 1. The van der Waals surface area contributed by atoms with E-state index in [2.05, 4.69) is 40.7 Å². The van der Waals surface area contributed by atoms with E-state index in [0.29, 0.717) is 0 Å². The van der Waals surface area contributed by atoms with Gasteiger partial charge in [0.15, 0.2) is 0 Å². The molecule has 5 nitrogen and oxygen atoms in total. The number of H-pyrrole nitrogens is 1. The summed E-state index contributed by atoms with van der Waals surface area (Å²) in [6, 6.07) is 8.68. The van der Waals surface area contributed by atoms with Crippen LogP contribution in [-0.2, 0) is 16.0 Å². The number of ether oxygens (including phenoxy) is 1. The highest BCUT2D eigenvalue weighted by Gasteiger charge is 2.43. The Morgan fingerprint density at radius 2 is 2.31 bits per heavy atom. The van der Waals surface area contributed by atoms with E-state index in [9.17, 15) is 9.90 Å². The van der Waals surface area contributed by atoms with Gasteiger partial charge in [0.25, 0.3) is 0 Å². The monoisotopic (exact) mass is 354 g/mol. The van der Waals surface area contributed by atoms with Crippen LogP contribution in [0, 0.1) is 17.8 Å². The molecular formula is C21H26N2O3. The molecule has 0 saturated carbocycles. The van der Waals surface area contributed by atoms with Crippen LogP contribution in [-0.4, -0.2) is 47.8 Å². The van der Waals surface area contributed by atoms with Gasteiger partial charge >= 0.3 is 5.97 Å². The van der Waals surface area contributed by atoms with Crippen LogP contribution in [0.15, 0.2) is 36.9 Å². The van der Waals surface area contributed by atoms with Crippen LogP contribution >= 0.6 is 0 Å². The number of aromatic nitrogens is 1. The van der Waals surface area contributed by atoms with Crippen molar-refractivity contribution in [2.75, 3.05) is 26.8 Å². The maximum Gasteiger partial charge on any atom is 0.311 e. The van der Waals surface area contributed by atoms with Crippen molar-refractivity contribution < 1.29 is 14.6 Å². The highest BCUT2D eigenvalue weighted by Crippen LogP contribution is 2.45. The molecule has 0 spiro atoms. The summed E-state index contributed by atoms with van der Waals surface area (Å²) in [7, 11) is 1.39. The molecule has 4 atom stereocenters. The van der Waals surface area contributed by atoms with E-state index in [1.165, 1.54) is 29.3 Å². The van der Waals surface area contributed by atoms with Gasteiger partial charge < -0.3 is 14.8 Å². The van der Waals surface area contributed by atoms with Gasteiger partial charge in [-0.2, -0.15) is 0 Å². The maximum atomic E-state index is 12.2. The van der Waals surface area contributed by atoms with E-state index in [1.54, 1.807) is 0 Å². The third kappa shape index (κ3) is 2.66. The van der Waals surface area contributed by atoms with Gasteiger partial charge in [0.1, 0.15) is 0 Å². The van der Waals surface area contributed by atoms with E-state index in [1.807, 2.05) is 6.08 Å². The molecule has 0 radical (unpaired) electrons. The first-order valence-electron chi connectivity index (χ1n) is 9.32. The summed E-state index contributed by atoms with van der Waals surface area (Å²) < 4.78 is 4.95. The number of methoxy groups -OCH3 is 1. The SMILES string of the molecule is C=C[C@@H]1CN2CCc3c([nH]c4ccccc34)[C@H]2C[C@H]1[C@@H](CO)C(=O)OC. The Kier molecular flexibility index (Phi) is 4.59. The lowest BCUT2D eigenvalue weighted by molar-refractivity contribution is -0.151. The molecule has 1 fully saturated rings. The first-order chi connectivity index (χ1) is 12.7. The fourth-order valence-electron chi connectivity index (χ4n) is 4.94. The average molecular weight is 354 g/mol. The van der Waals surface area contributed by atoms with Gasteiger partial charge in [0.2, 0.25) is 0 Å². The van der Waals surface area contributed by atoms with Crippen LogP contribution < -0.4 is 0 Å². The van der Waals surface area contributed by atoms with E-state index in [4.69, 9.17) is 4.74 Å². The highest BCUT2D eigenvalue weighted by atomic mass is 16.5. The Morgan fingerprint density at radius 1 is 1.50 bits per heavy atom. The minimum Gasteiger partial charge on any atom is -0.469 e. The van der Waals surface area contributed by atoms with Crippen molar-refractivity contribution in [2.24, 2.45) is 17.8 Å². The molecule has 1 aromatic carbocycles. The summed E-state index contributed by atoms with van der Waals surface area (Å²) in [5.74, 6) is -0.623. The summed E-state index contributed by atoms with van der Waals surface area (Å²) in [4.78, 5) is 18.3. The largest absolute Gasteiger partial charge is 0.469 e. The van der Waals surface area contributed by atoms with E-state index in [0.717, 1.165) is 25.9 Å². The zero-order chi connectivity index (χ0) is 18.3. The van der Waals surface area contributed by atoms with Crippen molar-refractivity contribution in [3.63, 3.8) is 0 Å². The number of carbonyl (C=O) groups excluding carboxylic acids is 1. The van der Waals surface area contributed by atoms with Crippen LogP contribution in [0.1, 0.15) is 23.7 Å². The highest BCUT2D eigenvalue weighted by molar-refractivity contribution is 5.85. The van der Waals surface area contributed by atoms with Crippen LogP contribution in [0.2, 0.25) is 0 Å². The number of para-hydroxylation sites is 1. The number of aliphatic hydroxyl groups excluding tert-OH is 1. The molecule has 2 aliphatic heterocycles. The van der Waals surface area contributed by atoms with Gasteiger partial charge in [-0.05, 0) is 36.3 Å². The van der Waals surface area contributed by atoms with Crippen molar-refractivity contribution in [2.45, 2.75) is 18.9 Å². The molecule has 3 heterocycles. The second-order valence-corrected chi connectivity index (χ2v) is 7.43. The summed E-state index contributed by atoms with van der Waals surface area (Å²) >= 11 is 0. The zero-order valence-electron chi connectivity index (χ0n) is 15.1. The molecular weight excluding hydrogens is 328 g/mol. The third-order valence-corrected chi connectivity index (χ3v) is 6.28.